The molecule has 0 atom stereocenters. The second-order valence-electron chi connectivity index (χ2n) is 4.84. The second-order valence-corrected chi connectivity index (χ2v) is 5.90. The Hall–Kier alpha value is -1.48. The summed E-state index contributed by atoms with van der Waals surface area (Å²) >= 11 is 1.54. The summed E-state index contributed by atoms with van der Waals surface area (Å²) in [7, 11) is 0. The van der Waals surface area contributed by atoms with Gasteiger partial charge in [0.05, 0.1) is 4.88 Å². The van der Waals surface area contributed by atoms with Gasteiger partial charge in [-0.2, -0.15) is 0 Å². The quantitative estimate of drug-likeness (QED) is 0.782. The highest BCUT2D eigenvalue weighted by atomic mass is 32.1. The summed E-state index contributed by atoms with van der Waals surface area (Å²) in [6.07, 6.45) is 7.37. The first-order valence-electron chi connectivity index (χ1n) is 6.32. The lowest BCUT2D eigenvalue weighted by atomic mass is 9.79. The van der Waals surface area contributed by atoms with E-state index in [1.807, 2.05) is 6.07 Å². The van der Waals surface area contributed by atoms with Crippen molar-refractivity contribution in [3.63, 3.8) is 0 Å². The van der Waals surface area contributed by atoms with Gasteiger partial charge in [0.15, 0.2) is 6.29 Å². The van der Waals surface area contributed by atoms with Gasteiger partial charge in [0.25, 0.3) is 0 Å². The third-order valence-electron chi connectivity index (χ3n) is 3.83. The van der Waals surface area contributed by atoms with Gasteiger partial charge >= 0.3 is 0 Å². The average Bonchev–Trinajstić information content (AvgIpc) is 3.09. The van der Waals surface area contributed by atoms with Gasteiger partial charge in [0, 0.05) is 11.6 Å². The lowest BCUT2D eigenvalue weighted by Crippen LogP contribution is -2.23. The topological polar surface area (TPSA) is 30.0 Å². The van der Waals surface area contributed by atoms with Crippen LogP contribution in [0.4, 0.5) is 0 Å². The van der Waals surface area contributed by atoms with Gasteiger partial charge in [-0.15, -0.1) is 11.3 Å². The normalized spacial score (nSPS) is 17.8. The van der Waals surface area contributed by atoms with E-state index in [2.05, 4.69) is 29.2 Å². The van der Waals surface area contributed by atoms with Crippen LogP contribution < -0.4 is 0 Å². The number of thiazole rings is 1. The zero-order valence-corrected chi connectivity index (χ0v) is 11.0. The highest BCUT2D eigenvalue weighted by molar-refractivity contribution is 7.13. The number of hydrogen-bond acceptors (Lipinski definition) is 3. The van der Waals surface area contributed by atoms with E-state index in [1.165, 1.54) is 18.4 Å². The molecular formula is C15H15NOS. The predicted molar refractivity (Wildman–Crippen MR) is 73.2 cm³/mol. The van der Waals surface area contributed by atoms with Crippen LogP contribution in [0.15, 0.2) is 36.5 Å². The Morgan fingerprint density at radius 2 is 1.89 bits per heavy atom. The van der Waals surface area contributed by atoms with Crippen molar-refractivity contribution in [1.82, 2.24) is 4.98 Å². The van der Waals surface area contributed by atoms with Crippen LogP contribution in [0.1, 0.15) is 45.9 Å². The van der Waals surface area contributed by atoms with E-state index in [4.69, 9.17) is 0 Å². The van der Waals surface area contributed by atoms with Crippen LogP contribution in [0, 0.1) is 0 Å². The Bertz CT molecular complexity index is 541. The van der Waals surface area contributed by atoms with Gasteiger partial charge in [-0.3, -0.25) is 4.79 Å². The molecule has 1 saturated carbocycles. The number of hydrogen-bond donors (Lipinski definition) is 0. The van der Waals surface area contributed by atoms with Crippen LogP contribution in [0.5, 0.6) is 0 Å². The lowest BCUT2D eigenvalue weighted by Gasteiger charge is -2.27. The van der Waals surface area contributed by atoms with Crippen molar-refractivity contribution in [2.75, 3.05) is 0 Å². The predicted octanol–water partition coefficient (Wildman–Crippen LogP) is 3.82. The van der Waals surface area contributed by atoms with E-state index in [9.17, 15) is 4.79 Å². The van der Waals surface area contributed by atoms with Crippen molar-refractivity contribution in [3.8, 4) is 0 Å². The number of aromatic nitrogens is 1. The van der Waals surface area contributed by atoms with Crippen LogP contribution in [-0.2, 0) is 5.41 Å². The number of carbonyl (C=O) groups is 1. The molecule has 2 aromatic rings. The zero-order chi connectivity index (χ0) is 12.4. The molecule has 2 nitrogen and oxygen atoms in total. The first kappa shape index (κ1) is 11.6. The number of nitrogens with zero attached hydrogens (tertiary/aromatic N) is 1. The molecule has 3 heteroatoms. The minimum absolute atomic E-state index is 0.0488. The molecule has 0 aliphatic heterocycles. The Morgan fingerprint density at radius 1 is 1.17 bits per heavy atom. The number of aldehydes is 1. The van der Waals surface area contributed by atoms with Crippen LogP contribution in [0.2, 0.25) is 0 Å². The molecule has 0 radical (unpaired) electrons. The zero-order valence-electron chi connectivity index (χ0n) is 10.1. The molecular weight excluding hydrogens is 242 g/mol. The van der Waals surface area contributed by atoms with Crippen molar-refractivity contribution >= 4 is 17.6 Å². The third-order valence-corrected chi connectivity index (χ3v) is 4.96. The van der Waals surface area contributed by atoms with Gasteiger partial charge in [0.2, 0.25) is 0 Å². The minimum atomic E-state index is 0.0488. The van der Waals surface area contributed by atoms with E-state index >= 15 is 0 Å². The Balaban J connectivity index is 2.09. The molecule has 1 heterocycles. The molecule has 0 N–H and O–H groups in total. The molecule has 0 unspecified atom stereocenters. The van der Waals surface area contributed by atoms with E-state index in [0.29, 0.717) is 0 Å². The van der Waals surface area contributed by atoms with E-state index in [-0.39, 0.29) is 5.41 Å². The fraction of sp³-hybridized carbons (Fsp3) is 0.333. The molecule has 1 aliphatic carbocycles. The molecule has 1 aromatic heterocycles. The fourth-order valence-corrected chi connectivity index (χ4v) is 3.92. The molecule has 0 saturated heterocycles. The average molecular weight is 257 g/mol. The summed E-state index contributed by atoms with van der Waals surface area (Å²) in [6, 6.07) is 10.6. The standard InChI is InChI=1S/C15H15NOS/c17-11-13-10-16-14(18-13)15(8-4-5-9-15)12-6-2-1-3-7-12/h1-3,6-7,10-11H,4-5,8-9H2. The van der Waals surface area contributed by atoms with Crippen molar-refractivity contribution in [2.24, 2.45) is 0 Å². The molecule has 92 valence electrons. The summed E-state index contributed by atoms with van der Waals surface area (Å²) in [6.45, 7) is 0. The molecule has 1 fully saturated rings. The number of benzene rings is 1. The summed E-state index contributed by atoms with van der Waals surface area (Å²) < 4.78 is 0. The second kappa shape index (κ2) is 4.65. The molecule has 3 rings (SSSR count). The summed E-state index contributed by atoms with van der Waals surface area (Å²) in [5.41, 5.74) is 1.39. The molecule has 1 aromatic carbocycles. The highest BCUT2D eigenvalue weighted by Crippen LogP contribution is 2.47. The van der Waals surface area contributed by atoms with Crippen LogP contribution in [0.3, 0.4) is 0 Å². The Labute approximate surface area is 111 Å². The fourth-order valence-electron chi connectivity index (χ4n) is 2.92. The number of carbonyl (C=O) groups excluding carboxylic acids is 1. The molecule has 0 amide bonds. The Morgan fingerprint density at radius 3 is 2.50 bits per heavy atom. The largest absolute Gasteiger partial charge is 0.297 e. The SMILES string of the molecule is O=Cc1cnc(C2(c3ccccc3)CCCC2)s1. The van der Waals surface area contributed by atoms with Crippen LogP contribution >= 0.6 is 11.3 Å². The minimum Gasteiger partial charge on any atom is -0.297 e. The van der Waals surface area contributed by atoms with E-state index in [1.54, 1.807) is 17.5 Å². The van der Waals surface area contributed by atoms with E-state index in [0.717, 1.165) is 29.0 Å². The summed E-state index contributed by atoms with van der Waals surface area (Å²) in [5, 5.41) is 1.10. The summed E-state index contributed by atoms with van der Waals surface area (Å²) in [5.74, 6) is 0. The van der Waals surface area contributed by atoms with Crippen LogP contribution in [0.25, 0.3) is 0 Å². The van der Waals surface area contributed by atoms with Gasteiger partial charge < -0.3 is 0 Å². The molecule has 1 aliphatic rings. The third kappa shape index (κ3) is 1.79. The van der Waals surface area contributed by atoms with E-state index < -0.39 is 0 Å². The maximum absolute atomic E-state index is 10.8. The van der Waals surface area contributed by atoms with Gasteiger partial charge in [-0.05, 0) is 18.4 Å². The highest BCUT2D eigenvalue weighted by Gasteiger charge is 2.39. The van der Waals surface area contributed by atoms with Crippen molar-refractivity contribution < 1.29 is 4.79 Å². The smallest absolute Gasteiger partial charge is 0.161 e. The van der Waals surface area contributed by atoms with Crippen LogP contribution in [-0.4, -0.2) is 11.3 Å². The lowest BCUT2D eigenvalue weighted by molar-refractivity contribution is 0.112. The maximum Gasteiger partial charge on any atom is 0.161 e. The first-order chi connectivity index (χ1) is 8.85. The maximum atomic E-state index is 10.8. The van der Waals surface area contributed by atoms with Crippen molar-refractivity contribution in [3.05, 3.63) is 52.0 Å². The number of rotatable bonds is 3. The molecule has 18 heavy (non-hydrogen) atoms. The summed E-state index contributed by atoms with van der Waals surface area (Å²) in [4.78, 5) is 16.1. The monoisotopic (exact) mass is 257 g/mol. The van der Waals surface area contributed by atoms with Crippen molar-refractivity contribution in [1.29, 1.82) is 0 Å². The Kier molecular flexibility index (Phi) is 3.00. The van der Waals surface area contributed by atoms with Gasteiger partial charge in [-0.1, -0.05) is 43.2 Å². The van der Waals surface area contributed by atoms with Gasteiger partial charge in [-0.25, -0.2) is 4.98 Å². The van der Waals surface area contributed by atoms with Crippen molar-refractivity contribution in [2.45, 2.75) is 31.1 Å². The van der Waals surface area contributed by atoms with Gasteiger partial charge in [0.1, 0.15) is 5.01 Å². The molecule has 0 bridgehead atoms. The molecule has 0 spiro atoms. The first-order valence-corrected chi connectivity index (χ1v) is 7.14.